The maximum Gasteiger partial charge on any atom is 0.422 e. The van der Waals surface area contributed by atoms with Gasteiger partial charge in [-0.1, -0.05) is 0 Å². The van der Waals surface area contributed by atoms with Crippen molar-refractivity contribution in [2.75, 3.05) is 19.7 Å². The SMILES string of the molecule is CC(C)NC(=O)NC(=O)C(C)OC(=O)C1CCN(C(=O)OCC(F)(F)F)CC1. The van der Waals surface area contributed by atoms with E-state index in [1.54, 1.807) is 13.8 Å². The quantitative estimate of drug-likeness (QED) is 0.664. The van der Waals surface area contributed by atoms with Gasteiger partial charge in [-0.15, -0.1) is 0 Å². The number of nitrogens with one attached hydrogen (secondary N) is 2. The molecule has 0 aromatic heterocycles. The van der Waals surface area contributed by atoms with Crippen LogP contribution in [0.25, 0.3) is 0 Å². The highest BCUT2D eigenvalue weighted by molar-refractivity contribution is 5.97. The predicted molar refractivity (Wildman–Crippen MR) is 89.1 cm³/mol. The van der Waals surface area contributed by atoms with E-state index in [0.29, 0.717) is 0 Å². The zero-order valence-electron chi connectivity index (χ0n) is 15.8. The number of rotatable bonds is 5. The van der Waals surface area contributed by atoms with E-state index < -0.39 is 48.8 Å². The summed E-state index contributed by atoms with van der Waals surface area (Å²) in [5, 5.41) is 4.49. The molecule has 4 amide bonds. The normalized spacial score (nSPS) is 16.3. The molecule has 0 saturated carbocycles. The third kappa shape index (κ3) is 8.44. The number of nitrogens with zero attached hydrogens (tertiary/aromatic N) is 1. The summed E-state index contributed by atoms with van der Waals surface area (Å²) in [5.74, 6) is -2.10. The molecule has 0 radical (unpaired) electrons. The molecule has 0 bridgehead atoms. The van der Waals surface area contributed by atoms with Crippen molar-refractivity contribution in [2.24, 2.45) is 5.92 Å². The van der Waals surface area contributed by atoms with E-state index >= 15 is 0 Å². The summed E-state index contributed by atoms with van der Waals surface area (Å²) in [6.07, 6.45) is -6.61. The number of ether oxygens (including phenoxy) is 2. The Kier molecular flexibility index (Phi) is 8.51. The van der Waals surface area contributed by atoms with E-state index in [-0.39, 0.29) is 32.0 Å². The van der Waals surface area contributed by atoms with Gasteiger partial charge in [-0.05, 0) is 33.6 Å². The Morgan fingerprint density at radius 2 is 1.68 bits per heavy atom. The van der Waals surface area contributed by atoms with E-state index in [2.05, 4.69) is 10.1 Å². The van der Waals surface area contributed by atoms with E-state index in [4.69, 9.17) is 4.74 Å². The van der Waals surface area contributed by atoms with Gasteiger partial charge in [0.1, 0.15) is 0 Å². The summed E-state index contributed by atoms with van der Waals surface area (Å²) in [6.45, 7) is 3.09. The minimum Gasteiger partial charge on any atom is -0.452 e. The molecular formula is C16H24F3N3O6. The minimum absolute atomic E-state index is 0.0217. The van der Waals surface area contributed by atoms with Gasteiger partial charge in [-0.3, -0.25) is 14.9 Å². The molecule has 1 fully saturated rings. The van der Waals surface area contributed by atoms with Crippen molar-refractivity contribution in [1.82, 2.24) is 15.5 Å². The number of alkyl halides is 3. The third-order valence-electron chi connectivity index (χ3n) is 3.76. The summed E-state index contributed by atoms with van der Waals surface area (Å²) in [5.41, 5.74) is 0. The van der Waals surface area contributed by atoms with Crippen LogP contribution in [0.2, 0.25) is 0 Å². The largest absolute Gasteiger partial charge is 0.452 e. The highest BCUT2D eigenvalue weighted by Gasteiger charge is 2.34. The third-order valence-corrected chi connectivity index (χ3v) is 3.76. The number of urea groups is 1. The molecule has 0 aliphatic carbocycles. The lowest BCUT2D eigenvalue weighted by atomic mass is 9.97. The molecule has 1 saturated heterocycles. The Balaban J connectivity index is 2.40. The maximum atomic E-state index is 12.1. The van der Waals surface area contributed by atoms with Gasteiger partial charge in [-0.2, -0.15) is 13.2 Å². The van der Waals surface area contributed by atoms with Crippen LogP contribution in [0.3, 0.4) is 0 Å². The number of esters is 1. The summed E-state index contributed by atoms with van der Waals surface area (Å²) in [7, 11) is 0. The molecule has 0 aromatic rings. The summed E-state index contributed by atoms with van der Waals surface area (Å²) in [6, 6.07) is -0.896. The maximum absolute atomic E-state index is 12.1. The molecule has 2 N–H and O–H groups in total. The van der Waals surface area contributed by atoms with Gasteiger partial charge < -0.3 is 19.7 Å². The summed E-state index contributed by atoms with van der Waals surface area (Å²) in [4.78, 5) is 48.1. The Morgan fingerprint density at radius 1 is 1.11 bits per heavy atom. The van der Waals surface area contributed by atoms with Gasteiger partial charge in [0.25, 0.3) is 5.91 Å². The second-order valence-electron chi connectivity index (χ2n) is 6.63. The van der Waals surface area contributed by atoms with Crippen molar-refractivity contribution in [3.05, 3.63) is 0 Å². The number of carbonyl (C=O) groups is 4. The zero-order chi connectivity index (χ0) is 21.5. The lowest BCUT2D eigenvalue weighted by Crippen LogP contribution is -2.47. The van der Waals surface area contributed by atoms with Crippen LogP contribution in [0, 0.1) is 5.92 Å². The molecule has 1 unspecified atom stereocenters. The first-order valence-electron chi connectivity index (χ1n) is 8.69. The molecule has 9 nitrogen and oxygen atoms in total. The van der Waals surface area contributed by atoms with E-state index in [1.165, 1.54) is 6.92 Å². The van der Waals surface area contributed by atoms with Crippen molar-refractivity contribution in [2.45, 2.75) is 51.9 Å². The van der Waals surface area contributed by atoms with Gasteiger partial charge >= 0.3 is 24.3 Å². The lowest BCUT2D eigenvalue weighted by Gasteiger charge is -2.30. The number of hydrogen-bond acceptors (Lipinski definition) is 6. The highest BCUT2D eigenvalue weighted by Crippen LogP contribution is 2.21. The number of imide groups is 1. The monoisotopic (exact) mass is 411 g/mol. The second kappa shape index (κ2) is 10.1. The van der Waals surface area contributed by atoms with Crippen LogP contribution in [-0.2, 0) is 19.1 Å². The van der Waals surface area contributed by atoms with Crippen LogP contribution in [0.15, 0.2) is 0 Å². The van der Waals surface area contributed by atoms with Crippen LogP contribution < -0.4 is 10.6 Å². The fourth-order valence-electron chi connectivity index (χ4n) is 2.37. The zero-order valence-corrected chi connectivity index (χ0v) is 15.8. The Hall–Kier alpha value is -2.53. The van der Waals surface area contributed by atoms with Crippen molar-refractivity contribution < 1.29 is 41.8 Å². The molecule has 0 aromatic carbocycles. The Labute approximate surface area is 159 Å². The second-order valence-corrected chi connectivity index (χ2v) is 6.63. The first-order valence-corrected chi connectivity index (χ1v) is 8.69. The number of amides is 4. The average Bonchev–Trinajstić information content (AvgIpc) is 2.58. The Morgan fingerprint density at radius 3 is 2.18 bits per heavy atom. The van der Waals surface area contributed by atoms with Gasteiger partial charge in [0.15, 0.2) is 12.7 Å². The van der Waals surface area contributed by atoms with Gasteiger partial charge in [0.2, 0.25) is 0 Å². The van der Waals surface area contributed by atoms with Crippen LogP contribution in [-0.4, -0.2) is 66.9 Å². The summed E-state index contributed by atoms with van der Waals surface area (Å²) >= 11 is 0. The number of hydrogen-bond donors (Lipinski definition) is 2. The van der Waals surface area contributed by atoms with E-state index in [9.17, 15) is 32.3 Å². The van der Waals surface area contributed by atoms with E-state index in [1.807, 2.05) is 5.32 Å². The average molecular weight is 411 g/mol. The number of carbonyl (C=O) groups excluding carboxylic acids is 4. The Bertz CT molecular complexity index is 589. The molecule has 0 spiro atoms. The first-order chi connectivity index (χ1) is 12.9. The first kappa shape index (κ1) is 23.5. The fraction of sp³-hybridized carbons (Fsp3) is 0.750. The van der Waals surface area contributed by atoms with Crippen LogP contribution in [0.5, 0.6) is 0 Å². The van der Waals surface area contributed by atoms with Gasteiger partial charge in [0.05, 0.1) is 5.92 Å². The molecule has 28 heavy (non-hydrogen) atoms. The van der Waals surface area contributed by atoms with Gasteiger partial charge in [-0.25, -0.2) is 9.59 Å². The molecule has 1 rings (SSSR count). The minimum atomic E-state index is -4.61. The van der Waals surface area contributed by atoms with Crippen LogP contribution in [0.1, 0.15) is 33.6 Å². The van der Waals surface area contributed by atoms with Crippen LogP contribution in [0.4, 0.5) is 22.8 Å². The molecule has 1 aliphatic heterocycles. The van der Waals surface area contributed by atoms with Crippen molar-refractivity contribution in [3.8, 4) is 0 Å². The highest BCUT2D eigenvalue weighted by atomic mass is 19.4. The predicted octanol–water partition coefficient (Wildman–Crippen LogP) is 1.56. The standard InChI is InChI=1S/C16H24F3N3O6/c1-9(2)20-14(25)21-12(23)10(3)28-13(24)11-4-6-22(7-5-11)15(26)27-8-16(17,18)19/h9-11H,4-8H2,1-3H3,(H2,20,21,23,25). The molecular weight excluding hydrogens is 387 g/mol. The van der Waals surface area contributed by atoms with Gasteiger partial charge in [0, 0.05) is 19.1 Å². The van der Waals surface area contributed by atoms with Crippen LogP contribution >= 0.6 is 0 Å². The number of likely N-dealkylation sites (tertiary alicyclic amines) is 1. The van der Waals surface area contributed by atoms with E-state index in [0.717, 1.165) is 4.90 Å². The lowest BCUT2D eigenvalue weighted by molar-refractivity contribution is -0.163. The van der Waals surface area contributed by atoms with Crippen molar-refractivity contribution in [1.29, 1.82) is 0 Å². The molecule has 1 heterocycles. The van der Waals surface area contributed by atoms with Crippen molar-refractivity contribution >= 4 is 24.0 Å². The smallest absolute Gasteiger partial charge is 0.422 e. The topological polar surface area (TPSA) is 114 Å². The molecule has 12 heteroatoms. The number of piperidine rings is 1. The van der Waals surface area contributed by atoms with Crippen molar-refractivity contribution in [3.63, 3.8) is 0 Å². The molecule has 1 atom stereocenters. The fourth-order valence-corrected chi connectivity index (χ4v) is 2.37. The summed E-state index contributed by atoms with van der Waals surface area (Å²) < 4.78 is 45.4. The molecule has 160 valence electrons. The number of halogens is 3. The molecule has 1 aliphatic rings.